The number of nitrogens with one attached hydrogen (secondary N) is 1. The first kappa shape index (κ1) is 11.6. The SMILES string of the molecule is COCC(=O)NCc1nc(C(=O)O)cs1. The van der Waals surface area contributed by atoms with Crippen LogP contribution in [0.5, 0.6) is 0 Å². The van der Waals surface area contributed by atoms with E-state index in [4.69, 9.17) is 5.11 Å². The van der Waals surface area contributed by atoms with Gasteiger partial charge in [0, 0.05) is 12.5 Å². The largest absolute Gasteiger partial charge is 0.476 e. The second-order valence-corrected chi connectivity index (χ2v) is 3.58. The van der Waals surface area contributed by atoms with Crippen molar-refractivity contribution in [2.75, 3.05) is 13.7 Å². The molecule has 0 saturated heterocycles. The van der Waals surface area contributed by atoms with Crippen LogP contribution < -0.4 is 5.32 Å². The first-order valence-electron chi connectivity index (χ1n) is 4.07. The summed E-state index contributed by atoms with van der Waals surface area (Å²) in [6.07, 6.45) is 0. The normalized spacial score (nSPS) is 9.93. The fourth-order valence-corrected chi connectivity index (χ4v) is 1.55. The molecule has 1 aromatic rings. The summed E-state index contributed by atoms with van der Waals surface area (Å²) in [6.45, 7) is 0.206. The van der Waals surface area contributed by atoms with Gasteiger partial charge in [-0.05, 0) is 0 Å². The van der Waals surface area contributed by atoms with Crippen molar-refractivity contribution in [1.29, 1.82) is 0 Å². The van der Waals surface area contributed by atoms with Crippen molar-refractivity contribution in [3.8, 4) is 0 Å². The lowest BCUT2D eigenvalue weighted by Crippen LogP contribution is -2.26. The Labute approximate surface area is 89.9 Å². The minimum absolute atomic E-state index is 0.00371. The van der Waals surface area contributed by atoms with E-state index in [0.29, 0.717) is 5.01 Å². The summed E-state index contributed by atoms with van der Waals surface area (Å²) in [7, 11) is 1.42. The van der Waals surface area contributed by atoms with Crippen LogP contribution >= 0.6 is 11.3 Å². The number of rotatable bonds is 5. The van der Waals surface area contributed by atoms with Crippen LogP contribution in [-0.2, 0) is 16.1 Å². The molecule has 0 fully saturated rings. The van der Waals surface area contributed by atoms with Crippen LogP contribution in [0.4, 0.5) is 0 Å². The molecule has 6 nitrogen and oxygen atoms in total. The van der Waals surface area contributed by atoms with Gasteiger partial charge in [-0.15, -0.1) is 11.3 Å². The Bertz CT molecular complexity index is 363. The highest BCUT2D eigenvalue weighted by molar-refractivity contribution is 7.09. The fourth-order valence-electron chi connectivity index (χ4n) is 0.847. The summed E-state index contributed by atoms with van der Waals surface area (Å²) >= 11 is 1.19. The summed E-state index contributed by atoms with van der Waals surface area (Å²) in [6, 6.07) is 0. The van der Waals surface area contributed by atoms with Crippen molar-refractivity contribution in [1.82, 2.24) is 10.3 Å². The van der Waals surface area contributed by atoms with Gasteiger partial charge in [-0.1, -0.05) is 0 Å². The molecule has 82 valence electrons. The van der Waals surface area contributed by atoms with E-state index in [2.05, 4.69) is 15.0 Å². The topological polar surface area (TPSA) is 88.5 Å². The van der Waals surface area contributed by atoms with Crippen molar-refractivity contribution in [3.63, 3.8) is 0 Å². The molecular formula is C8H10N2O4S. The molecule has 0 aliphatic carbocycles. The highest BCUT2D eigenvalue weighted by atomic mass is 32.1. The van der Waals surface area contributed by atoms with Crippen LogP contribution in [0.3, 0.4) is 0 Å². The molecule has 2 N–H and O–H groups in total. The van der Waals surface area contributed by atoms with E-state index in [0.717, 1.165) is 0 Å². The zero-order chi connectivity index (χ0) is 11.3. The molecule has 0 radical (unpaired) electrons. The number of carboxylic acid groups (broad SMARTS) is 1. The molecule has 0 saturated carbocycles. The van der Waals surface area contributed by atoms with E-state index in [-0.39, 0.29) is 24.8 Å². The highest BCUT2D eigenvalue weighted by Gasteiger charge is 2.09. The number of nitrogens with zero attached hydrogens (tertiary/aromatic N) is 1. The predicted molar refractivity (Wildman–Crippen MR) is 52.8 cm³/mol. The maximum atomic E-state index is 11.0. The van der Waals surface area contributed by atoms with Crippen molar-refractivity contribution in [3.05, 3.63) is 16.1 Å². The summed E-state index contributed by atoms with van der Waals surface area (Å²) in [5.41, 5.74) is -0.00371. The van der Waals surface area contributed by atoms with E-state index >= 15 is 0 Å². The molecule has 1 heterocycles. The molecule has 1 rings (SSSR count). The second kappa shape index (κ2) is 5.42. The third-order valence-electron chi connectivity index (χ3n) is 1.48. The van der Waals surface area contributed by atoms with E-state index in [1.807, 2.05) is 0 Å². The van der Waals surface area contributed by atoms with Gasteiger partial charge in [0.05, 0.1) is 6.54 Å². The Balaban J connectivity index is 2.44. The number of methoxy groups -OCH3 is 1. The Morgan fingerprint density at radius 1 is 1.67 bits per heavy atom. The van der Waals surface area contributed by atoms with Crippen LogP contribution in [0.2, 0.25) is 0 Å². The Hall–Kier alpha value is -1.47. The van der Waals surface area contributed by atoms with E-state index in [1.165, 1.54) is 23.8 Å². The number of hydrogen-bond donors (Lipinski definition) is 2. The van der Waals surface area contributed by atoms with E-state index in [9.17, 15) is 9.59 Å². The number of hydrogen-bond acceptors (Lipinski definition) is 5. The van der Waals surface area contributed by atoms with Crippen LogP contribution in [0, 0.1) is 0 Å². The lowest BCUT2D eigenvalue weighted by Gasteiger charge is -2.00. The van der Waals surface area contributed by atoms with Crippen molar-refractivity contribution < 1.29 is 19.4 Å². The van der Waals surface area contributed by atoms with Gasteiger partial charge in [0.25, 0.3) is 0 Å². The quantitative estimate of drug-likeness (QED) is 0.749. The zero-order valence-corrected chi connectivity index (χ0v) is 8.84. The first-order valence-corrected chi connectivity index (χ1v) is 4.94. The Morgan fingerprint density at radius 3 is 2.93 bits per heavy atom. The van der Waals surface area contributed by atoms with Gasteiger partial charge in [0.1, 0.15) is 11.6 Å². The molecule has 0 aromatic carbocycles. The molecule has 0 unspecified atom stereocenters. The third kappa shape index (κ3) is 3.64. The molecule has 0 bridgehead atoms. The number of carbonyl (C=O) groups is 2. The average Bonchev–Trinajstić information content (AvgIpc) is 2.63. The lowest BCUT2D eigenvalue weighted by atomic mass is 10.5. The molecule has 0 spiro atoms. The minimum atomic E-state index is -1.07. The van der Waals surface area contributed by atoms with Crippen molar-refractivity contribution >= 4 is 23.2 Å². The average molecular weight is 230 g/mol. The van der Waals surface area contributed by atoms with Crippen LogP contribution in [0.15, 0.2) is 5.38 Å². The van der Waals surface area contributed by atoms with Crippen molar-refractivity contribution in [2.45, 2.75) is 6.54 Å². The van der Waals surface area contributed by atoms with Gasteiger partial charge in [-0.2, -0.15) is 0 Å². The molecule has 1 aromatic heterocycles. The van der Waals surface area contributed by atoms with Crippen molar-refractivity contribution in [2.24, 2.45) is 0 Å². The van der Waals surface area contributed by atoms with E-state index in [1.54, 1.807) is 0 Å². The smallest absolute Gasteiger partial charge is 0.355 e. The number of thiazole rings is 1. The fraction of sp³-hybridized carbons (Fsp3) is 0.375. The molecular weight excluding hydrogens is 220 g/mol. The van der Waals surface area contributed by atoms with Gasteiger partial charge < -0.3 is 15.2 Å². The van der Waals surface area contributed by atoms with Gasteiger partial charge in [-0.3, -0.25) is 4.79 Å². The zero-order valence-electron chi connectivity index (χ0n) is 8.02. The number of aromatic nitrogens is 1. The van der Waals surface area contributed by atoms with Gasteiger partial charge in [0.15, 0.2) is 5.69 Å². The number of carbonyl (C=O) groups excluding carboxylic acids is 1. The lowest BCUT2D eigenvalue weighted by molar-refractivity contribution is -0.124. The van der Waals surface area contributed by atoms with Gasteiger partial charge in [-0.25, -0.2) is 9.78 Å². The Morgan fingerprint density at radius 2 is 2.40 bits per heavy atom. The molecule has 1 amide bonds. The summed E-state index contributed by atoms with van der Waals surface area (Å²) in [5, 5.41) is 13.1. The monoisotopic (exact) mass is 230 g/mol. The maximum absolute atomic E-state index is 11.0. The standard InChI is InChI=1S/C8H10N2O4S/c1-14-3-6(11)9-2-7-10-5(4-15-7)8(12)13/h4H,2-3H2,1H3,(H,9,11)(H,12,13). The number of aromatic carboxylic acids is 1. The summed E-state index contributed by atoms with van der Waals surface area (Å²) in [5.74, 6) is -1.33. The molecule has 15 heavy (non-hydrogen) atoms. The van der Waals surface area contributed by atoms with Crippen LogP contribution in [0.1, 0.15) is 15.5 Å². The number of amides is 1. The number of ether oxygens (including phenoxy) is 1. The summed E-state index contributed by atoms with van der Waals surface area (Å²) in [4.78, 5) is 25.3. The third-order valence-corrected chi connectivity index (χ3v) is 2.33. The maximum Gasteiger partial charge on any atom is 0.355 e. The predicted octanol–water partition coefficient (Wildman–Crippen LogP) is 0.104. The van der Waals surface area contributed by atoms with Gasteiger partial charge >= 0.3 is 5.97 Å². The molecule has 0 aliphatic heterocycles. The highest BCUT2D eigenvalue weighted by Crippen LogP contribution is 2.08. The summed E-state index contributed by atoms with van der Waals surface area (Å²) < 4.78 is 4.61. The Kier molecular flexibility index (Phi) is 4.19. The molecule has 7 heteroatoms. The molecule has 0 aliphatic rings. The van der Waals surface area contributed by atoms with Gasteiger partial charge in [0.2, 0.25) is 5.91 Å². The second-order valence-electron chi connectivity index (χ2n) is 2.64. The first-order chi connectivity index (χ1) is 7.13. The van der Waals surface area contributed by atoms with Crippen LogP contribution in [0.25, 0.3) is 0 Å². The molecule has 0 atom stereocenters. The van der Waals surface area contributed by atoms with E-state index < -0.39 is 5.97 Å². The minimum Gasteiger partial charge on any atom is -0.476 e. The number of carboxylic acids is 1. The van der Waals surface area contributed by atoms with Crippen LogP contribution in [-0.4, -0.2) is 35.7 Å².